The lowest BCUT2D eigenvalue weighted by atomic mass is 9.72. The Bertz CT molecular complexity index is 683. The van der Waals surface area contributed by atoms with Crippen molar-refractivity contribution in [3.05, 3.63) is 41.5 Å². The molecule has 0 nitrogen and oxygen atoms in total. The van der Waals surface area contributed by atoms with Gasteiger partial charge < -0.3 is 0 Å². The third-order valence-electron chi connectivity index (χ3n) is 7.88. The van der Waals surface area contributed by atoms with E-state index in [4.69, 9.17) is 0 Å². The molecule has 0 aromatic heterocycles. The maximum absolute atomic E-state index is 14.2. The van der Waals surface area contributed by atoms with E-state index in [1.165, 1.54) is 75.2 Å². The summed E-state index contributed by atoms with van der Waals surface area (Å²) in [5.41, 5.74) is 0.661. The van der Waals surface area contributed by atoms with E-state index in [1.54, 1.807) is 6.07 Å². The Morgan fingerprint density at radius 2 is 1.69 bits per heavy atom. The fraction of sp³-hybridized carbons (Fsp3) is 0.680. The molecule has 0 atom stereocenters. The highest BCUT2D eigenvalue weighted by atomic mass is 28.3. The lowest BCUT2D eigenvalue weighted by molar-refractivity contribution is 0.215. The Morgan fingerprint density at radius 1 is 1.03 bits per heavy atom. The highest BCUT2D eigenvalue weighted by Crippen LogP contribution is 2.46. The molecule has 162 valence electrons. The predicted molar refractivity (Wildman–Crippen MR) is 120 cm³/mol. The van der Waals surface area contributed by atoms with E-state index in [1.807, 2.05) is 0 Å². The van der Waals surface area contributed by atoms with E-state index in [0.29, 0.717) is 5.92 Å². The zero-order valence-corrected chi connectivity index (χ0v) is 19.2. The van der Waals surface area contributed by atoms with Crippen molar-refractivity contribution >= 4 is 13.9 Å². The van der Waals surface area contributed by atoms with Crippen LogP contribution in [-0.2, 0) is 0 Å². The lowest BCUT2D eigenvalue weighted by Gasteiger charge is -2.41. The van der Waals surface area contributed by atoms with Crippen LogP contribution in [0, 0.1) is 17.7 Å². The standard InChI is InChI=1S/C25H37F3Si/c1-3-4-5-14-29(2)15-12-21(13-16-29)19-6-8-20(9-7-19)22-10-11-23(24(27)17-22)25(28)18-26/h10-11,17-21H,3-9,12-16H2,1-2H3/b25-18-. The summed E-state index contributed by atoms with van der Waals surface area (Å²) >= 11 is 0. The number of rotatable bonds is 7. The molecule has 1 aliphatic carbocycles. The van der Waals surface area contributed by atoms with Gasteiger partial charge in [0.2, 0.25) is 0 Å². The zero-order chi connectivity index (χ0) is 20.9. The highest BCUT2D eigenvalue weighted by molar-refractivity contribution is 6.78. The molecule has 1 heterocycles. The van der Waals surface area contributed by atoms with Crippen molar-refractivity contribution in [3.8, 4) is 0 Å². The Labute approximate surface area is 176 Å². The van der Waals surface area contributed by atoms with E-state index < -0.39 is 19.7 Å². The van der Waals surface area contributed by atoms with Gasteiger partial charge in [-0.2, -0.15) is 0 Å². The van der Waals surface area contributed by atoms with Crippen molar-refractivity contribution in [1.29, 1.82) is 0 Å². The number of benzene rings is 1. The van der Waals surface area contributed by atoms with Gasteiger partial charge in [0.05, 0.1) is 8.07 Å². The van der Waals surface area contributed by atoms with Crippen molar-refractivity contribution in [2.24, 2.45) is 11.8 Å². The van der Waals surface area contributed by atoms with Gasteiger partial charge in [0.25, 0.3) is 0 Å². The van der Waals surface area contributed by atoms with Crippen molar-refractivity contribution < 1.29 is 13.2 Å². The summed E-state index contributed by atoms with van der Waals surface area (Å²) in [7, 11) is -0.973. The second-order valence-electron chi connectivity index (χ2n) is 9.91. The summed E-state index contributed by atoms with van der Waals surface area (Å²) in [6.07, 6.45) is 11.5. The summed E-state index contributed by atoms with van der Waals surface area (Å²) in [4.78, 5) is 0. The van der Waals surface area contributed by atoms with Gasteiger partial charge in [-0.15, -0.1) is 0 Å². The quantitative estimate of drug-likeness (QED) is 0.304. The molecule has 0 unspecified atom stereocenters. The third-order valence-corrected chi connectivity index (χ3v) is 12.4. The second-order valence-corrected chi connectivity index (χ2v) is 15.0. The van der Waals surface area contributed by atoms with Gasteiger partial charge in [0, 0.05) is 5.56 Å². The Morgan fingerprint density at radius 3 is 2.28 bits per heavy atom. The van der Waals surface area contributed by atoms with E-state index in [0.717, 1.165) is 30.2 Å². The van der Waals surface area contributed by atoms with Gasteiger partial charge >= 0.3 is 0 Å². The Hall–Kier alpha value is -1.03. The second kappa shape index (κ2) is 10.3. The predicted octanol–water partition coefficient (Wildman–Crippen LogP) is 9.02. The molecule has 0 radical (unpaired) electrons. The fourth-order valence-corrected chi connectivity index (χ4v) is 9.81. The fourth-order valence-electron chi connectivity index (χ4n) is 5.82. The number of halogens is 3. The molecule has 0 N–H and O–H groups in total. The molecule has 2 aliphatic rings. The molecule has 1 aromatic carbocycles. The summed E-state index contributed by atoms with van der Waals surface area (Å²) in [5.74, 6) is 0.280. The van der Waals surface area contributed by atoms with Gasteiger partial charge in [-0.05, 0) is 61.1 Å². The molecule has 3 rings (SSSR count). The number of hydrogen-bond donors (Lipinski definition) is 0. The van der Waals surface area contributed by atoms with E-state index in [2.05, 4.69) is 13.5 Å². The monoisotopic (exact) mass is 422 g/mol. The van der Waals surface area contributed by atoms with Crippen LogP contribution in [0.4, 0.5) is 13.2 Å². The van der Waals surface area contributed by atoms with E-state index >= 15 is 0 Å². The van der Waals surface area contributed by atoms with Gasteiger partial charge in [0.1, 0.15) is 12.1 Å². The summed E-state index contributed by atoms with van der Waals surface area (Å²) < 4.78 is 39.8. The van der Waals surface area contributed by atoms with Crippen molar-refractivity contribution in [2.45, 2.75) is 95.3 Å². The van der Waals surface area contributed by atoms with Crippen LogP contribution in [0.25, 0.3) is 5.83 Å². The van der Waals surface area contributed by atoms with Crippen LogP contribution < -0.4 is 0 Å². The SMILES string of the molecule is CCCCC[Si]1(C)CCC(C2CCC(c3ccc(/C(F)=C/F)c(F)c3)CC2)CC1. The normalized spacial score (nSPS) is 31.1. The van der Waals surface area contributed by atoms with Gasteiger partial charge in [0.15, 0.2) is 5.83 Å². The molecule has 0 spiro atoms. The first-order valence-corrected chi connectivity index (χ1v) is 14.8. The van der Waals surface area contributed by atoms with Crippen LogP contribution in [0.15, 0.2) is 24.5 Å². The first-order valence-electron chi connectivity index (χ1n) is 11.7. The average molecular weight is 423 g/mol. The van der Waals surface area contributed by atoms with Crippen LogP contribution in [0.3, 0.4) is 0 Å². The number of unbranched alkanes of at least 4 members (excludes halogenated alkanes) is 2. The van der Waals surface area contributed by atoms with Gasteiger partial charge in [-0.1, -0.05) is 69.8 Å². The minimum Gasteiger partial charge on any atom is -0.212 e. The van der Waals surface area contributed by atoms with Gasteiger partial charge in [-0.3, -0.25) is 0 Å². The molecule has 0 amide bonds. The smallest absolute Gasteiger partial charge is 0.161 e. The molecule has 1 aliphatic heterocycles. The van der Waals surface area contributed by atoms with Crippen LogP contribution >= 0.6 is 0 Å². The maximum atomic E-state index is 14.2. The average Bonchev–Trinajstić information content (AvgIpc) is 2.74. The summed E-state index contributed by atoms with van der Waals surface area (Å²) in [6.45, 7) is 4.92. The largest absolute Gasteiger partial charge is 0.212 e. The Balaban J connectivity index is 1.49. The van der Waals surface area contributed by atoms with Crippen LogP contribution in [-0.4, -0.2) is 8.07 Å². The zero-order valence-electron chi connectivity index (χ0n) is 18.2. The van der Waals surface area contributed by atoms with Crippen molar-refractivity contribution in [3.63, 3.8) is 0 Å². The lowest BCUT2D eigenvalue weighted by Crippen LogP contribution is -2.37. The minimum atomic E-state index is -1.14. The molecule has 0 bridgehead atoms. The first kappa shape index (κ1) is 22.6. The molecule has 29 heavy (non-hydrogen) atoms. The van der Waals surface area contributed by atoms with E-state index in [9.17, 15) is 13.2 Å². The maximum Gasteiger partial charge on any atom is 0.161 e. The van der Waals surface area contributed by atoms with E-state index in [-0.39, 0.29) is 11.9 Å². The molecule has 1 saturated heterocycles. The Kier molecular flexibility index (Phi) is 8.06. The first-order chi connectivity index (χ1) is 14.0. The van der Waals surface area contributed by atoms with Crippen LogP contribution in [0.2, 0.25) is 24.7 Å². The molecular formula is C25H37F3Si. The molecule has 1 aromatic rings. The van der Waals surface area contributed by atoms with Crippen LogP contribution in [0.1, 0.15) is 81.8 Å². The molecule has 2 fully saturated rings. The number of hydrogen-bond acceptors (Lipinski definition) is 0. The van der Waals surface area contributed by atoms with Crippen LogP contribution in [0.5, 0.6) is 0 Å². The highest BCUT2D eigenvalue weighted by Gasteiger charge is 2.36. The third kappa shape index (κ3) is 5.77. The molecule has 1 saturated carbocycles. The topological polar surface area (TPSA) is 0 Å². The molecule has 4 heteroatoms. The van der Waals surface area contributed by atoms with Gasteiger partial charge in [-0.25, -0.2) is 13.2 Å². The summed E-state index contributed by atoms with van der Waals surface area (Å²) in [5, 5.41) is 0. The minimum absolute atomic E-state index is 0.175. The molecular weight excluding hydrogens is 385 g/mol. The van der Waals surface area contributed by atoms with Crippen molar-refractivity contribution in [1.82, 2.24) is 0 Å². The summed E-state index contributed by atoms with van der Waals surface area (Å²) in [6, 6.07) is 9.13. The van der Waals surface area contributed by atoms with Crippen molar-refractivity contribution in [2.75, 3.05) is 0 Å².